The number of hydrogen-bond acceptors (Lipinski definition) is 1. The highest BCUT2D eigenvalue weighted by Crippen LogP contribution is 2.23. The van der Waals surface area contributed by atoms with E-state index in [0.29, 0.717) is 0 Å². The van der Waals surface area contributed by atoms with E-state index in [1.807, 2.05) is 0 Å². The van der Waals surface area contributed by atoms with Gasteiger partial charge in [0.25, 0.3) is 0 Å². The monoisotopic (exact) mass is 255 g/mol. The van der Waals surface area contributed by atoms with E-state index >= 15 is 0 Å². The van der Waals surface area contributed by atoms with Gasteiger partial charge in [-0.3, -0.25) is 4.90 Å². The van der Waals surface area contributed by atoms with E-state index in [1.54, 1.807) is 0 Å². The van der Waals surface area contributed by atoms with Crippen LogP contribution in [0.25, 0.3) is 6.08 Å². The molecule has 19 heavy (non-hydrogen) atoms. The van der Waals surface area contributed by atoms with Crippen molar-refractivity contribution in [2.45, 2.75) is 32.6 Å². The summed E-state index contributed by atoms with van der Waals surface area (Å²) in [5, 5.41) is 0. The van der Waals surface area contributed by atoms with Crippen LogP contribution in [-0.4, -0.2) is 24.5 Å². The highest BCUT2D eigenvalue weighted by atomic mass is 15.1. The molecule has 0 atom stereocenters. The van der Waals surface area contributed by atoms with E-state index in [1.165, 1.54) is 49.1 Å². The standard InChI is InChI=1S/C18H25N/c1-3-4-12-19-13-8-9-16(2)18(15-19)14-17-10-6-5-7-11-17/h5-7,10-11,14H,2-4,8-9,12-13,15H2,1H3/b18-14-. The summed E-state index contributed by atoms with van der Waals surface area (Å²) in [6.45, 7) is 10.0. The van der Waals surface area contributed by atoms with Gasteiger partial charge in [0.05, 0.1) is 0 Å². The molecule has 1 aromatic rings. The molecule has 102 valence electrons. The molecule has 1 heteroatoms. The zero-order valence-electron chi connectivity index (χ0n) is 12.1. The molecule has 0 aromatic heterocycles. The third kappa shape index (κ3) is 4.36. The van der Waals surface area contributed by atoms with Gasteiger partial charge in [-0.1, -0.05) is 61.9 Å². The molecule has 0 radical (unpaired) electrons. The van der Waals surface area contributed by atoms with Crippen LogP contribution >= 0.6 is 0 Å². The van der Waals surface area contributed by atoms with Crippen molar-refractivity contribution in [1.29, 1.82) is 0 Å². The van der Waals surface area contributed by atoms with Crippen LogP contribution in [0.15, 0.2) is 48.1 Å². The number of hydrogen-bond donors (Lipinski definition) is 0. The van der Waals surface area contributed by atoms with Crippen LogP contribution in [0.2, 0.25) is 0 Å². The Labute approximate surface area is 117 Å². The molecule has 1 aliphatic heterocycles. The molecule has 1 aliphatic rings. The van der Waals surface area contributed by atoms with Crippen LogP contribution in [0.1, 0.15) is 38.2 Å². The van der Waals surface area contributed by atoms with Crippen molar-refractivity contribution in [3.63, 3.8) is 0 Å². The largest absolute Gasteiger partial charge is 0.299 e. The van der Waals surface area contributed by atoms with E-state index < -0.39 is 0 Å². The molecule has 1 saturated heterocycles. The van der Waals surface area contributed by atoms with Gasteiger partial charge in [0.15, 0.2) is 0 Å². The van der Waals surface area contributed by atoms with E-state index in [2.05, 4.69) is 54.8 Å². The first-order chi connectivity index (χ1) is 9.29. The maximum Gasteiger partial charge on any atom is 0.0236 e. The minimum Gasteiger partial charge on any atom is -0.299 e. The number of unbranched alkanes of at least 4 members (excludes halogenated alkanes) is 1. The Morgan fingerprint density at radius 1 is 1.26 bits per heavy atom. The van der Waals surface area contributed by atoms with E-state index in [-0.39, 0.29) is 0 Å². The molecule has 1 aromatic carbocycles. The van der Waals surface area contributed by atoms with Crippen LogP contribution in [0.3, 0.4) is 0 Å². The van der Waals surface area contributed by atoms with Gasteiger partial charge in [-0.2, -0.15) is 0 Å². The topological polar surface area (TPSA) is 3.24 Å². The second kappa shape index (κ2) is 7.30. The van der Waals surface area contributed by atoms with Gasteiger partial charge in [0.1, 0.15) is 0 Å². The number of benzene rings is 1. The van der Waals surface area contributed by atoms with Crippen molar-refractivity contribution in [2.24, 2.45) is 0 Å². The molecule has 0 spiro atoms. The molecule has 0 N–H and O–H groups in total. The molecule has 1 fully saturated rings. The summed E-state index contributed by atoms with van der Waals surface area (Å²) in [5.74, 6) is 0. The van der Waals surface area contributed by atoms with Gasteiger partial charge in [0.2, 0.25) is 0 Å². The fourth-order valence-electron chi connectivity index (χ4n) is 2.58. The quantitative estimate of drug-likeness (QED) is 0.764. The van der Waals surface area contributed by atoms with Crippen LogP contribution < -0.4 is 0 Å². The molecule has 0 aliphatic carbocycles. The highest BCUT2D eigenvalue weighted by molar-refractivity contribution is 5.58. The van der Waals surface area contributed by atoms with E-state index in [4.69, 9.17) is 0 Å². The van der Waals surface area contributed by atoms with Gasteiger partial charge >= 0.3 is 0 Å². The fourth-order valence-corrected chi connectivity index (χ4v) is 2.58. The van der Waals surface area contributed by atoms with Gasteiger partial charge in [-0.25, -0.2) is 0 Å². The van der Waals surface area contributed by atoms with Crippen molar-refractivity contribution < 1.29 is 0 Å². The minimum atomic E-state index is 1.06. The molecule has 0 unspecified atom stereocenters. The molecule has 0 bridgehead atoms. The molecule has 2 rings (SSSR count). The van der Waals surface area contributed by atoms with Crippen molar-refractivity contribution in [1.82, 2.24) is 4.90 Å². The second-order valence-corrected chi connectivity index (χ2v) is 5.42. The first-order valence-corrected chi connectivity index (χ1v) is 7.45. The molecular weight excluding hydrogens is 230 g/mol. The first kappa shape index (κ1) is 14.1. The van der Waals surface area contributed by atoms with Crippen molar-refractivity contribution in [3.05, 3.63) is 53.6 Å². The number of rotatable bonds is 4. The summed E-state index contributed by atoms with van der Waals surface area (Å²) in [4.78, 5) is 2.58. The summed E-state index contributed by atoms with van der Waals surface area (Å²) in [6, 6.07) is 10.6. The van der Waals surface area contributed by atoms with Gasteiger partial charge in [0, 0.05) is 6.54 Å². The van der Waals surface area contributed by atoms with Crippen LogP contribution in [-0.2, 0) is 0 Å². The smallest absolute Gasteiger partial charge is 0.0236 e. The van der Waals surface area contributed by atoms with Gasteiger partial charge in [-0.15, -0.1) is 0 Å². The zero-order chi connectivity index (χ0) is 13.5. The van der Waals surface area contributed by atoms with Crippen molar-refractivity contribution >= 4 is 6.08 Å². The maximum absolute atomic E-state index is 4.27. The number of nitrogens with zero attached hydrogens (tertiary/aromatic N) is 1. The Balaban J connectivity index is 2.11. The Morgan fingerprint density at radius 2 is 2.05 bits per heavy atom. The molecule has 0 saturated carbocycles. The molecule has 1 heterocycles. The lowest BCUT2D eigenvalue weighted by molar-refractivity contribution is 0.298. The van der Waals surface area contributed by atoms with Gasteiger partial charge in [-0.05, 0) is 43.5 Å². The minimum absolute atomic E-state index is 1.06. The van der Waals surface area contributed by atoms with Crippen LogP contribution in [0.5, 0.6) is 0 Å². The third-order valence-electron chi connectivity index (χ3n) is 3.77. The van der Waals surface area contributed by atoms with Crippen molar-refractivity contribution in [3.8, 4) is 0 Å². The molecule has 0 amide bonds. The summed E-state index contributed by atoms with van der Waals surface area (Å²) in [7, 11) is 0. The molecule has 1 nitrogen and oxygen atoms in total. The fraction of sp³-hybridized carbons (Fsp3) is 0.444. The predicted octanol–water partition coefficient (Wildman–Crippen LogP) is 4.52. The lowest BCUT2D eigenvalue weighted by atomic mass is 10.0. The average molecular weight is 255 g/mol. The van der Waals surface area contributed by atoms with Crippen LogP contribution in [0.4, 0.5) is 0 Å². The van der Waals surface area contributed by atoms with Crippen LogP contribution in [0, 0.1) is 0 Å². The third-order valence-corrected chi connectivity index (χ3v) is 3.77. The first-order valence-electron chi connectivity index (χ1n) is 7.45. The summed E-state index contributed by atoms with van der Waals surface area (Å²) >= 11 is 0. The summed E-state index contributed by atoms with van der Waals surface area (Å²) in [6.07, 6.45) is 7.27. The highest BCUT2D eigenvalue weighted by Gasteiger charge is 2.14. The summed E-state index contributed by atoms with van der Waals surface area (Å²) < 4.78 is 0. The van der Waals surface area contributed by atoms with E-state index in [9.17, 15) is 0 Å². The molecular formula is C18H25N. The SMILES string of the molecule is C=C1CCCN(CCCC)C/C1=C/c1ccccc1. The van der Waals surface area contributed by atoms with E-state index in [0.717, 1.165) is 13.0 Å². The Bertz CT molecular complexity index is 430. The predicted molar refractivity (Wildman–Crippen MR) is 84.1 cm³/mol. The second-order valence-electron chi connectivity index (χ2n) is 5.42. The number of likely N-dealkylation sites (tertiary alicyclic amines) is 1. The average Bonchev–Trinajstić information content (AvgIpc) is 2.60. The zero-order valence-corrected chi connectivity index (χ0v) is 12.1. The Hall–Kier alpha value is -1.34. The summed E-state index contributed by atoms with van der Waals surface area (Å²) in [5.41, 5.74) is 4.03. The van der Waals surface area contributed by atoms with Gasteiger partial charge < -0.3 is 0 Å². The maximum atomic E-state index is 4.27. The lowest BCUT2D eigenvalue weighted by Gasteiger charge is -2.20. The lowest BCUT2D eigenvalue weighted by Crippen LogP contribution is -2.26. The van der Waals surface area contributed by atoms with Crippen molar-refractivity contribution in [2.75, 3.05) is 19.6 Å². The Morgan fingerprint density at radius 3 is 2.79 bits per heavy atom. The Kier molecular flexibility index (Phi) is 5.41. The normalized spacial score (nSPS) is 19.6.